The number of nitrogens with one attached hydrogen (secondary N) is 1. The second-order valence-corrected chi connectivity index (χ2v) is 7.07. The van der Waals surface area contributed by atoms with E-state index in [4.69, 9.17) is 32.9 Å². The molecule has 1 aromatic heterocycles. The molecule has 0 fully saturated rings. The summed E-state index contributed by atoms with van der Waals surface area (Å²) in [5.41, 5.74) is 2.99. The Morgan fingerprint density at radius 1 is 1.22 bits per heavy atom. The molecule has 0 saturated heterocycles. The Labute approximate surface area is 168 Å². The van der Waals surface area contributed by atoms with Crippen molar-refractivity contribution in [2.45, 2.75) is 19.4 Å². The lowest BCUT2D eigenvalue weighted by atomic mass is 10.2. The summed E-state index contributed by atoms with van der Waals surface area (Å²) in [4.78, 5) is 16.3. The molecular formula is C20H21Cl2N3O2. The van der Waals surface area contributed by atoms with E-state index in [9.17, 15) is 4.79 Å². The van der Waals surface area contributed by atoms with E-state index in [-0.39, 0.29) is 12.5 Å². The van der Waals surface area contributed by atoms with Crippen LogP contribution in [-0.2, 0) is 22.5 Å². The molecule has 2 aromatic carbocycles. The Morgan fingerprint density at radius 3 is 2.81 bits per heavy atom. The van der Waals surface area contributed by atoms with Gasteiger partial charge >= 0.3 is 0 Å². The molecule has 0 bridgehead atoms. The molecule has 5 nitrogen and oxygen atoms in total. The monoisotopic (exact) mass is 405 g/mol. The Kier molecular flexibility index (Phi) is 6.72. The topological polar surface area (TPSA) is 56.1 Å². The van der Waals surface area contributed by atoms with Gasteiger partial charge in [-0.25, -0.2) is 4.98 Å². The van der Waals surface area contributed by atoms with Crippen LogP contribution in [0.2, 0.25) is 10.0 Å². The second-order valence-electron chi connectivity index (χ2n) is 6.23. The van der Waals surface area contributed by atoms with Gasteiger partial charge in [0.1, 0.15) is 12.4 Å². The van der Waals surface area contributed by atoms with Crippen molar-refractivity contribution in [1.82, 2.24) is 14.9 Å². The van der Waals surface area contributed by atoms with Crippen molar-refractivity contribution in [3.63, 3.8) is 0 Å². The van der Waals surface area contributed by atoms with Gasteiger partial charge in [-0.05, 0) is 36.2 Å². The second kappa shape index (κ2) is 9.22. The summed E-state index contributed by atoms with van der Waals surface area (Å²) in [5, 5.41) is 4.09. The highest BCUT2D eigenvalue weighted by Gasteiger charge is 2.12. The van der Waals surface area contributed by atoms with Crippen LogP contribution in [0.25, 0.3) is 11.0 Å². The van der Waals surface area contributed by atoms with E-state index in [2.05, 4.69) is 16.0 Å². The van der Waals surface area contributed by atoms with Crippen LogP contribution >= 0.6 is 23.2 Å². The van der Waals surface area contributed by atoms with E-state index in [1.807, 2.05) is 30.3 Å². The third-order valence-corrected chi connectivity index (χ3v) is 4.84. The number of para-hydroxylation sites is 2. The van der Waals surface area contributed by atoms with E-state index in [1.165, 1.54) is 7.11 Å². The molecule has 0 unspecified atom stereocenters. The van der Waals surface area contributed by atoms with Gasteiger partial charge in [0.25, 0.3) is 0 Å². The fourth-order valence-electron chi connectivity index (χ4n) is 2.97. The molecule has 0 aliphatic carbocycles. The minimum Gasteiger partial charge on any atom is -0.375 e. The van der Waals surface area contributed by atoms with Crippen molar-refractivity contribution in [2.24, 2.45) is 0 Å². The quantitative estimate of drug-likeness (QED) is 0.574. The van der Waals surface area contributed by atoms with Crippen LogP contribution in [-0.4, -0.2) is 35.7 Å². The number of hydrogen-bond donors (Lipinski definition) is 1. The van der Waals surface area contributed by atoms with Crippen LogP contribution in [0.4, 0.5) is 0 Å². The Hall–Kier alpha value is -2.08. The van der Waals surface area contributed by atoms with E-state index >= 15 is 0 Å². The van der Waals surface area contributed by atoms with Gasteiger partial charge in [-0.2, -0.15) is 0 Å². The largest absolute Gasteiger partial charge is 0.375 e. The highest BCUT2D eigenvalue weighted by atomic mass is 35.5. The van der Waals surface area contributed by atoms with Crippen molar-refractivity contribution in [2.75, 3.05) is 20.3 Å². The number of methoxy groups -OCH3 is 1. The summed E-state index contributed by atoms with van der Waals surface area (Å²) in [6.45, 7) is 1.27. The molecule has 142 valence electrons. The first-order chi connectivity index (χ1) is 13.1. The van der Waals surface area contributed by atoms with Gasteiger partial charge in [0.05, 0.1) is 17.6 Å². The third-order valence-electron chi connectivity index (χ3n) is 4.25. The van der Waals surface area contributed by atoms with E-state index < -0.39 is 0 Å². The van der Waals surface area contributed by atoms with Crippen LogP contribution in [0.1, 0.15) is 17.8 Å². The zero-order valence-electron chi connectivity index (χ0n) is 15.0. The normalized spacial score (nSPS) is 11.1. The number of carbonyl (C=O) groups excluding carboxylic acids is 1. The van der Waals surface area contributed by atoms with Crippen LogP contribution in [0.3, 0.4) is 0 Å². The number of hydrogen-bond acceptors (Lipinski definition) is 3. The molecule has 0 spiro atoms. The van der Waals surface area contributed by atoms with E-state index in [1.54, 1.807) is 6.07 Å². The number of benzene rings is 2. The maximum atomic E-state index is 11.5. The van der Waals surface area contributed by atoms with Gasteiger partial charge in [-0.1, -0.05) is 41.4 Å². The lowest BCUT2D eigenvalue weighted by Crippen LogP contribution is -2.28. The Balaban J connectivity index is 1.78. The number of imidazole rings is 1. The minimum absolute atomic E-state index is 0.0770. The molecule has 0 saturated carbocycles. The van der Waals surface area contributed by atoms with Crippen molar-refractivity contribution >= 4 is 40.1 Å². The van der Waals surface area contributed by atoms with Gasteiger partial charge in [0.2, 0.25) is 5.91 Å². The standard InChI is InChI=1S/C20H21Cl2N3O2/c1-27-13-20(26)23-10-4-7-19-24-17-5-2-3-6-18(17)25(19)12-14-8-9-15(21)11-16(14)22/h2-3,5-6,8-9,11H,4,7,10,12-13H2,1H3,(H,23,26). The highest BCUT2D eigenvalue weighted by molar-refractivity contribution is 6.35. The average Bonchev–Trinajstić information content (AvgIpc) is 2.99. The molecule has 1 amide bonds. The van der Waals surface area contributed by atoms with Crippen LogP contribution in [0, 0.1) is 0 Å². The number of carbonyl (C=O) groups is 1. The first-order valence-corrected chi connectivity index (χ1v) is 9.48. The Bertz CT molecular complexity index is 940. The SMILES string of the molecule is COCC(=O)NCCCc1nc2ccccc2n1Cc1ccc(Cl)cc1Cl. The number of amides is 1. The predicted octanol–water partition coefficient (Wildman–Crippen LogP) is 4.09. The van der Waals surface area contributed by atoms with Crippen molar-refractivity contribution in [3.8, 4) is 0 Å². The van der Waals surface area contributed by atoms with Crippen LogP contribution in [0.15, 0.2) is 42.5 Å². The predicted molar refractivity (Wildman–Crippen MR) is 109 cm³/mol. The number of rotatable bonds is 8. The zero-order valence-corrected chi connectivity index (χ0v) is 16.6. The molecule has 27 heavy (non-hydrogen) atoms. The van der Waals surface area contributed by atoms with Crippen LogP contribution < -0.4 is 5.32 Å². The average molecular weight is 406 g/mol. The molecule has 1 N–H and O–H groups in total. The zero-order chi connectivity index (χ0) is 19.2. The Morgan fingerprint density at radius 2 is 2.04 bits per heavy atom. The first kappa shape index (κ1) is 19.7. The first-order valence-electron chi connectivity index (χ1n) is 8.72. The van der Waals surface area contributed by atoms with E-state index in [0.717, 1.165) is 35.3 Å². The molecular weight excluding hydrogens is 385 g/mol. The van der Waals surface area contributed by atoms with Crippen molar-refractivity contribution in [1.29, 1.82) is 0 Å². The number of fused-ring (bicyclic) bond motifs is 1. The molecule has 0 atom stereocenters. The third kappa shape index (κ3) is 5.01. The molecule has 3 aromatic rings. The van der Waals surface area contributed by atoms with Gasteiger partial charge in [-0.3, -0.25) is 4.79 Å². The highest BCUT2D eigenvalue weighted by Crippen LogP contribution is 2.25. The minimum atomic E-state index is -0.112. The van der Waals surface area contributed by atoms with Gasteiger partial charge < -0.3 is 14.6 Å². The van der Waals surface area contributed by atoms with Crippen molar-refractivity contribution < 1.29 is 9.53 Å². The smallest absolute Gasteiger partial charge is 0.245 e. The number of halogens is 2. The molecule has 0 radical (unpaired) electrons. The van der Waals surface area contributed by atoms with Gasteiger partial charge in [-0.15, -0.1) is 0 Å². The van der Waals surface area contributed by atoms with E-state index in [0.29, 0.717) is 23.1 Å². The number of ether oxygens (including phenoxy) is 1. The summed E-state index contributed by atoms with van der Waals surface area (Å²) in [6.07, 6.45) is 1.53. The number of nitrogens with zero attached hydrogens (tertiary/aromatic N) is 2. The summed E-state index contributed by atoms with van der Waals surface area (Å²) in [7, 11) is 1.50. The maximum Gasteiger partial charge on any atom is 0.245 e. The lowest BCUT2D eigenvalue weighted by Gasteiger charge is -2.11. The summed E-state index contributed by atoms with van der Waals surface area (Å²) in [5.74, 6) is 0.849. The van der Waals surface area contributed by atoms with Crippen molar-refractivity contribution in [3.05, 3.63) is 63.9 Å². The molecule has 3 rings (SSSR count). The summed E-state index contributed by atoms with van der Waals surface area (Å²) < 4.78 is 6.98. The van der Waals surface area contributed by atoms with Gasteiger partial charge in [0, 0.05) is 30.1 Å². The number of aryl methyl sites for hydroxylation is 1. The fourth-order valence-corrected chi connectivity index (χ4v) is 3.44. The fraction of sp³-hybridized carbons (Fsp3) is 0.300. The maximum absolute atomic E-state index is 11.5. The van der Waals surface area contributed by atoms with Gasteiger partial charge in [0.15, 0.2) is 0 Å². The summed E-state index contributed by atoms with van der Waals surface area (Å²) in [6, 6.07) is 13.6. The molecule has 7 heteroatoms. The summed E-state index contributed by atoms with van der Waals surface area (Å²) >= 11 is 12.4. The van der Waals surface area contributed by atoms with Crippen LogP contribution in [0.5, 0.6) is 0 Å². The molecule has 0 aliphatic rings. The number of aromatic nitrogens is 2. The molecule has 0 aliphatic heterocycles. The lowest BCUT2D eigenvalue weighted by molar-refractivity contribution is -0.124. The molecule has 1 heterocycles.